The molecule has 2 N–H and O–H groups in total. The van der Waals surface area contributed by atoms with Gasteiger partial charge < -0.3 is 9.84 Å². The summed E-state index contributed by atoms with van der Waals surface area (Å²) in [5, 5.41) is 11.1. The molecule has 1 saturated heterocycles. The average molecular weight is 346 g/mol. The first kappa shape index (κ1) is 16.6. The predicted molar refractivity (Wildman–Crippen MR) is 80.8 cm³/mol. The van der Waals surface area contributed by atoms with Crippen molar-refractivity contribution >= 4 is 29.6 Å². The van der Waals surface area contributed by atoms with E-state index in [9.17, 15) is 24.0 Å². The van der Waals surface area contributed by atoms with E-state index in [1.807, 2.05) is 0 Å². The maximum Gasteiger partial charge on any atom is 0.344 e. The number of carboxylic acid groups (broad SMARTS) is 1. The summed E-state index contributed by atoms with van der Waals surface area (Å²) in [5.41, 5.74) is -0.0462. The van der Waals surface area contributed by atoms with Crippen molar-refractivity contribution in [1.82, 2.24) is 10.2 Å². The monoisotopic (exact) mass is 346 g/mol. The highest BCUT2D eigenvalue weighted by Gasteiger charge is 2.46. The van der Waals surface area contributed by atoms with Gasteiger partial charge in [-0.3, -0.25) is 29.4 Å². The molecule has 0 saturated carbocycles. The molecule has 1 fully saturated rings. The zero-order chi connectivity index (χ0) is 18.3. The van der Waals surface area contributed by atoms with Crippen LogP contribution >= 0.6 is 0 Å². The van der Waals surface area contributed by atoms with Crippen LogP contribution in [0.4, 0.5) is 0 Å². The van der Waals surface area contributed by atoms with Crippen molar-refractivity contribution in [3.8, 4) is 5.75 Å². The average Bonchev–Trinajstić information content (AvgIpc) is 2.80. The maximum absolute atomic E-state index is 12.7. The van der Waals surface area contributed by atoms with Crippen LogP contribution in [0.2, 0.25) is 0 Å². The van der Waals surface area contributed by atoms with Gasteiger partial charge in [0.05, 0.1) is 11.1 Å². The molecule has 2 unspecified atom stereocenters. The van der Waals surface area contributed by atoms with Gasteiger partial charge in [0.1, 0.15) is 11.8 Å². The highest BCUT2D eigenvalue weighted by atomic mass is 16.5. The van der Waals surface area contributed by atoms with Crippen molar-refractivity contribution in [2.75, 3.05) is 0 Å². The predicted octanol–water partition coefficient (Wildman–Crippen LogP) is -0.0603. The number of amides is 4. The largest absolute Gasteiger partial charge is 0.479 e. The minimum absolute atomic E-state index is 0.0171. The van der Waals surface area contributed by atoms with E-state index in [0.717, 1.165) is 4.90 Å². The third-order valence-electron chi connectivity index (χ3n) is 4.08. The molecule has 0 spiro atoms. The van der Waals surface area contributed by atoms with Crippen LogP contribution in [0.15, 0.2) is 18.2 Å². The Morgan fingerprint density at radius 2 is 2.00 bits per heavy atom. The second-order valence-electron chi connectivity index (χ2n) is 5.72. The van der Waals surface area contributed by atoms with Crippen molar-refractivity contribution < 1.29 is 33.8 Å². The molecule has 9 nitrogen and oxygen atoms in total. The highest BCUT2D eigenvalue weighted by Crippen LogP contribution is 2.34. The van der Waals surface area contributed by atoms with Crippen LogP contribution < -0.4 is 10.1 Å². The van der Waals surface area contributed by atoms with Gasteiger partial charge in [-0.1, -0.05) is 6.07 Å². The lowest BCUT2D eigenvalue weighted by molar-refractivity contribution is -0.144. The molecule has 2 heterocycles. The molecular formula is C16H14N2O7. The first-order valence-corrected chi connectivity index (χ1v) is 7.55. The molecule has 1 aromatic rings. The van der Waals surface area contributed by atoms with E-state index in [0.29, 0.717) is 0 Å². The number of nitrogens with zero attached hydrogens (tertiary/aromatic N) is 1. The number of carbonyl (C=O) groups is 5. The summed E-state index contributed by atoms with van der Waals surface area (Å²) in [6, 6.07) is 3.16. The molecule has 0 bridgehead atoms. The first-order valence-electron chi connectivity index (χ1n) is 7.55. The van der Waals surface area contributed by atoms with E-state index in [4.69, 9.17) is 9.84 Å². The van der Waals surface area contributed by atoms with Crippen LogP contribution in [0.5, 0.6) is 5.75 Å². The number of aliphatic carboxylic acids is 1. The topological polar surface area (TPSA) is 130 Å². The van der Waals surface area contributed by atoms with Gasteiger partial charge in [0.25, 0.3) is 11.8 Å². The zero-order valence-corrected chi connectivity index (χ0v) is 13.1. The fourth-order valence-electron chi connectivity index (χ4n) is 2.82. The van der Waals surface area contributed by atoms with Crippen molar-refractivity contribution in [2.45, 2.75) is 31.9 Å². The van der Waals surface area contributed by atoms with E-state index in [1.165, 1.54) is 25.1 Å². The van der Waals surface area contributed by atoms with Crippen molar-refractivity contribution in [3.63, 3.8) is 0 Å². The molecule has 2 aliphatic rings. The quantitative estimate of drug-likeness (QED) is 0.730. The standard InChI is InChI=1S/C16H14N2O7/c1-7(16(23)24)25-10-4-2-3-8-12(10)15(22)18(14(8)21)9-5-6-11(19)17-13(9)20/h2-4,7,9H,5-6H2,1H3,(H,23,24)(H,17,19,20). The van der Waals surface area contributed by atoms with Crippen LogP contribution in [0, 0.1) is 0 Å². The minimum atomic E-state index is -1.23. The van der Waals surface area contributed by atoms with E-state index in [2.05, 4.69) is 5.32 Å². The summed E-state index contributed by atoms with van der Waals surface area (Å²) in [7, 11) is 0. The number of rotatable bonds is 4. The third-order valence-corrected chi connectivity index (χ3v) is 4.08. The summed E-state index contributed by atoms with van der Waals surface area (Å²) >= 11 is 0. The van der Waals surface area contributed by atoms with E-state index >= 15 is 0 Å². The molecule has 4 amide bonds. The Kier molecular flexibility index (Phi) is 3.99. The second kappa shape index (κ2) is 6.00. The molecule has 130 valence electrons. The van der Waals surface area contributed by atoms with Crippen molar-refractivity contribution in [3.05, 3.63) is 29.3 Å². The fraction of sp³-hybridized carbons (Fsp3) is 0.312. The number of hydrogen-bond donors (Lipinski definition) is 2. The van der Waals surface area contributed by atoms with Gasteiger partial charge >= 0.3 is 5.97 Å². The molecule has 2 aliphatic heterocycles. The molecular weight excluding hydrogens is 332 g/mol. The van der Waals surface area contributed by atoms with Crippen molar-refractivity contribution in [1.29, 1.82) is 0 Å². The normalized spacial score (nSPS) is 21.0. The Labute approximate surface area is 141 Å². The number of imide groups is 2. The lowest BCUT2D eigenvalue weighted by Crippen LogP contribution is -2.54. The van der Waals surface area contributed by atoms with Crippen LogP contribution in [-0.4, -0.2) is 51.8 Å². The first-order chi connectivity index (χ1) is 11.8. The minimum Gasteiger partial charge on any atom is -0.479 e. The second-order valence-corrected chi connectivity index (χ2v) is 5.72. The summed E-state index contributed by atoms with van der Waals surface area (Å²) in [5.74, 6) is -3.87. The third kappa shape index (κ3) is 2.73. The van der Waals surface area contributed by atoms with Gasteiger partial charge in [-0.2, -0.15) is 0 Å². The van der Waals surface area contributed by atoms with Crippen LogP contribution in [0.3, 0.4) is 0 Å². The number of hydrogen-bond acceptors (Lipinski definition) is 6. The summed E-state index contributed by atoms with van der Waals surface area (Å²) in [6.07, 6.45) is -1.17. The Hall–Kier alpha value is -3.23. The van der Waals surface area contributed by atoms with Gasteiger partial charge in [0.15, 0.2) is 6.10 Å². The van der Waals surface area contributed by atoms with Crippen molar-refractivity contribution in [2.24, 2.45) is 0 Å². The molecule has 25 heavy (non-hydrogen) atoms. The number of carbonyl (C=O) groups excluding carboxylic acids is 4. The molecule has 3 rings (SSSR count). The molecule has 1 aromatic carbocycles. The molecule has 9 heteroatoms. The molecule has 2 atom stereocenters. The smallest absolute Gasteiger partial charge is 0.344 e. The lowest BCUT2D eigenvalue weighted by atomic mass is 10.0. The van der Waals surface area contributed by atoms with E-state index < -0.39 is 41.7 Å². The number of fused-ring (bicyclic) bond motifs is 1. The van der Waals surface area contributed by atoms with E-state index in [-0.39, 0.29) is 29.7 Å². The van der Waals surface area contributed by atoms with Gasteiger partial charge in [0.2, 0.25) is 11.8 Å². The summed E-state index contributed by atoms with van der Waals surface area (Å²) < 4.78 is 5.26. The molecule has 0 radical (unpaired) electrons. The van der Waals surface area contributed by atoms with Gasteiger partial charge in [-0.05, 0) is 25.5 Å². The summed E-state index contributed by atoms with van der Waals surface area (Å²) in [4.78, 5) is 60.3. The maximum atomic E-state index is 12.7. The Bertz CT molecular complexity index is 817. The molecule has 0 aromatic heterocycles. The Morgan fingerprint density at radius 1 is 1.28 bits per heavy atom. The van der Waals surface area contributed by atoms with Gasteiger partial charge in [-0.15, -0.1) is 0 Å². The summed E-state index contributed by atoms with van der Waals surface area (Å²) in [6.45, 7) is 1.29. The van der Waals surface area contributed by atoms with Crippen LogP contribution in [0.1, 0.15) is 40.5 Å². The number of nitrogens with one attached hydrogen (secondary N) is 1. The number of piperidine rings is 1. The zero-order valence-electron chi connectivity index (χ0n) is 13.1. The number of benzene rings is 1. The van der Waals surface area contributed by atoms with E-state index in [1.54, 1.807) is 0 Å². The van der Waals surface area contributed by atoms with Crippen LogP contribution in [0.25, 0.3) is 0 Å². The SMILES string of the molecule is CC(Oc1cccc2c1C(=O)N(C1CCC(=O)NC1=O)C2=O)C(=O)O. The molecule has 0 aliphatic carbocycles. The fourth-order valence-corrected chi connectivity index (χ4v) is 2.82. The van der Waals surface area contributed by atoms with Gasteiger partial charge in [-0.25, -0.2) is 4.79 Å². The lowest BCUT2D eigenvalue weighted by Gasteiger charge is -2.27. The highest BCUT2D eigenvalue weighted by molar-refractivity contribution is 6.24. The number of carboxylic acids is 1. The Morgan fingerprint density at radius 3 is 2.64 bits per heavy atom. The van der Waals surface area contributed by atoms with Gasteiger partial charge in [0, 0.05) is 6.42 Å². The Balaban J connectivity index is 1.95. The number of ether oxygens (including phenoxy) is 1. The van der Waals surface area contributed by atoms with Crippen LogP contribution in [-0.2, 0) is 14.4 Å².